The number of amides is 3. The van der Waals surface area contributed by atoms with Gasteiger partial charge in [0.05, 0.1) is 29.1 Å². The van der Waals surface area contributed by atoms with E-state index in [2.05, 4.69) is 17.1 Å². The lowest BCUT2D eigenvalue weighted by Crippen LogP contribution is -2.42. The Kier molecular flexibility index (Phi) is 3.56. The number of likely N-dealkylation sites (tertiary alicyclic amines) is 1. The van der Waals surface area contributed by atoms with Crippen LogP contribution in [0.2, 0.25) is 0 Å². The zero-order valence-corrected chi connectivity index (χ0v) is 14.5. The fraction of sp³-hybridized carbons (Fsp3) is 0.529. The number of aromatic nitrogens is 1. The molecule has 2 bridgehead atoms. The molecule has 2 heterocycles. The average molecular weight is 345 g/mol. The van der Waals surface area contributed by atoms with E-state index in [4.69, 9.17) is 0 Å². The summed E-state index contributed by atoms with van der Waals surface area (Å²) in [6.45, 7) is 2.14. The first-order valence-corrected chi connectivity index (χ1v) is 9.02. The first kappa shape index (κ1) is 15.5. The van der Waals surface area contributed by atoms with E-state index in [-0.39, 0.29) is 47.9 Å². The van der Waals surface area contributed by atoms with Gasteiger partial charge in [-0.1, -0.05) is 12.2 Å². The molecule has 4 atom stereocenters. The van der Waals surface area contributed by atoms with Crippen LogP contribution in [0.25, 0.3) is 0 Å². The summed E-state index contributed by atoms with van der Waals surface area (Å²) in [7, 11) is 1.67. The van der Waals surface area contributed by atoms with E-state index in [0.717, 1.165) is 17.1 Å². The lowest BCUT2D eigenvalue weighted by atomic mass is 9.85. The summed E-state index contributed by atoms with van der Waals surface area (Å²) in [6, 6.07) is 0. The van der Waals surface area contributed by atoms with Crippen molar-refractivity contribution in [3.8, 4) is 0 Å². The molecule has 6 nitrogen and oxygen atoms in total. The lowest BCUT2D eigenvalue weighted by Gasteiger charge is -2.21. The molecule has 1 aliphatic heterocycles. The largest absolute Gasteiger partial charge is 0.338 e. The predicted molar refractivity (Wildman–Crippen MR) is 87.8 cm³/mol. The number of hydrogen-bond acceptors (Lipinski definition) is 5. The zero-order chi connectivity index (χ0) is 17.0. The van der Waals surface area contributed by atoms with Crippen LogP contribution in [0.3, 0.4) is 0 Å². The van der Waals surface area contributed by atoms with Crippen LogP contribution in [0.1, 0.15) is 17.1 Å². The van der Waals surface area contributed by atoms with Crippen molar-refractivity contribution in [2.75, 3.05) is 13.6 Å². The highest BCUT2D eigenvalue weighted by Crippen LogP contribution is 2.52. The summed E-state index contributed by atoms with van der Waals surface area (Å²) in [5.41, 5.74) is 0.825. The quantitative estimate of drug-likeness (QED) is 0.608. The van der Waals surface area contributed by atoms with E-state index < -0.39 is 0 Å². The van der Waals surface area contributed by atoms with Crippen LogP contribution in [-0.2, 0) is 20.9 Å². The van der Waals surface area contributed by atoms with Crippen molar-refractivity contribution in [3.63, 3.8) is 0 Å². The fourth-order valence-corrected chi connectivity index (χ4v) is 4.79. The Morgan fingerprint density at radius 1 is 1.29 bits per heavy atom. The van der Waals surface area contributed by atoms with Gasteiger partial charge in [-0.15, -0.1) is 11.3 Å². The minimum atomic E-state index is -0.244. The molecule has 1 saturated carbocycles. The Morgan fingerprint density at radius 2 is 1.92 bits per heavy atom. The molecule has 7 heteroatoms. The number of fused-ring (bicyclic) bond motifs is 5. The van der Waals surface area contributed by atoms with Gasteiger partial charge in [0, 0.05) is 12.4 Å². The molecule has 0 aromatic carbocycles. The molecule has 0 radical (unpaired) electrons. The molecule has 126 valence electrons. The molecular formula is C17H19N3O3S. The standard InChI is InChI=1S/C17H19N3O3S/c1-9-18-12(8-24-9)6-19(2)13(21)7-20-16(22)14-10-3-4-11(5-10)15(14)17(20)23/h3-4,8,10-11,14-15H,5-7H2,1-2H3/t10-,11-,14-,15+/m0/s1. The SMILES string of the molecule is Cc1nc(CN(C)C(=O)CN2C(=O)[C@@H]3[C@H](C2=O)[C@H]2C=C[C@H]3C2)cs1. The molecule has 0 unspecified atom stereocenters. The van der Waals surface area contributed by atoms with E-state index >= 15 is 0 Å². The van der Waals surface area contributed by atoms with Crippen molar-refractivity contribution in [1.82, 2.24) is 14.8 Å². The van der Waals surface area contributed by atoms with Gasteiger partial charge in [-0.25, -0.2) is 4.98 Å². The van der Waals surface area contributed by atoms with Crippen LogP contribution in [0.4, 0.5) is 0 Å². The summed E-state index contributed by atoms with van der Waals surface area (Å²) < 4.78 is 0. The molecule has 2 fully saturated rings. The second-order valence-electron chi connectivity index (χ2n) is 6.87. The zero-order valence-electron chi connectivity index (χ0n) is 13.6. The van der Waals surface area contributed by atoms with E-state index in [1.165, 1.54) is 21.1 Å². The molecular weight excluding hydrogens is 326 g/mol. The highest BCUT2D eigenvalue weighted by Gasteiger charge is 2.59. The summed E-state index contributed by atoms with van der Waals surface area (Å²) in [5, 5.41) is 2.87. The number of hydrogen-bond donors (Lipinski definition) is 0. The number of likely N-dealkylation sites (N-methyl/N-ethyl adjacent to an activating group) is 1. The Morgan fingerprint density at radius 3 is 2.46 bits per heavy atom. The molecule has 1 saturated heterocycles. The minimum Gasteiger partial charge on any atom is -0.338 e. The molecule has 1 aromatic rings. The third kappa shape index (κ3) is 2.30. The third-order valence-corrected chi connectivity index (χ3v) is 6.17. The third-order valence-electron chi connectivity index (χ3n) is 5.35. The summed E-state index contributed by atoms with van der Waals surface area (Å²) in [6.07, 6.45) is 5.01. The Balaban J connectivity index is 1.43. The average Bonchev–Trinajstić information content (AvgIpc) is 3.29. The fourth-order valence-electron chi connectivity index (χ4n) is 4.19. The lowest BCUT2D eigenvalue weighted by molar-refractivity contribution is -0.146. The van der Waals surface area contributed by atoms with E-state index in [9.17, 15) is 14.4 Å². The van der Waals surface area contributed by atoms with E-state index in [1.54, 1.807) is 7.05 Å². The smallest absolute Gasteiger partial charge is 0.242 e. The highest BCUT2D eigenvalue weighted by molar-refractivity contribution is 7.09. The van der Waals surface area contributed by atoms with Gasteiger partial charge in [0.2, 0.25) is 17.7 Å². The predicted octanol–water partition coefficient (Wildman–Crippen LogP) is 1.22. The number of nitrogens with zero attached hydrogens (tertiary/aromatic N) is 3. The number of imide groups is 1. The van der Waals surface area contributed by atoms with Gasteiger partial charge in [0.25, 0.3) is 0 Å². The second kappa shape index (κ2) is 5.51. The highest BCUT2D eigenvalue weighted by atomic mass is 32.1. The Hall–Kier alpha value is -2.02. The summed E-state index contributed by atoms with van der Waals surface area (Å²) in [4.78, 5) is 44.7. The van der Waals surface area contributed by atoms with Gasteiger partial charge in [-0.05, 0) is 25.2 Å². The molecule has 3 amide bonds. The van der Waals surface area contributed by atoms with Crippen LogP contribution in [-0.4, -0.2) is 46.1 Å². The normalized spacial score (nSPS) is 30.3. The summed E-state index contributed by atoms with van der Waals surface area (Å²) in [5.74, 6) is -0.720. The van der Waals surface area contributed by atoms with Crippen molar-refractivity contribution in [2.24, 2.45) is 23.7 Å². The van der Waals surface area contributed by atoms with Crippen LogP contribution in [0, 0.1) is 30.6 Å². The van der Waals surface area contributed by atoms with Crippen molar-refractivity contribution in [3.05, 3.63) is 28.2 Å². The number of allylic oxidation sites excluding steroid dienone is 2. The number of carbonyl (C=O) groups excluding carboxylic acids is 3. The van der Waals surface area contributed by atoms with E-state index in [0.29, 0.717) is 6.54 Å². The second-order valence-corrected chi connectivity index (χ2v) is 7.93. The molecule has 0 N–H and O–H groups in total. The Labute approximate surface area is 144 Å². The maximum Gasteiger partial charge on any atom is 0.242 e. The molecule has 3 aliphatic rings. The molecule has 4 rings (SSSR count). The molecule has 24 heavy (non-hydrogen) atoms. The van der Waals surface area contributed by atoms with Gasteiger partial charge in [-0.3, -0.25) is 19.3 Å². The first-order chi connectivity index (χ1) is 11.5. The minimum absolute atomic E-state index is 0.163. The molecule has 1 aromatic heterocycles. The van der Waals surface area contributed by atoms with E-state index in [1.807, 2.05) is 12.3 Å². The van der Waals surface area contributed by atoms with Crippen molar-refractivity contribution in [2.45, 2.75) is 19.9 Å². The first-order valence-electron chi connectivity index (χ1n) is 8.14. The van der Waals surface area contributed by atoms with Gasteiger partial charge in [0.1, 0.15) is 6.54 Å². The van der Waals surface area contributed by atoms with Crippen molar-refractivity contribution >= 4 is 29.1 Å². The van der Waals surface area contributed by atoms with Crippen molar-refractivity contribution in [1.29, 1.82) is 0 Å². The van der Waals surface area contributed by atoms with Crippen LogP contribution >= 0.6 is 11.3 Å². The van der Waals surface area contributed by atoms with Crippen molar-refractivity contribution < 1.29 is 14.4 Å². The number of thiazole rings is 1. The number of aryl methyl sites for hydroxylation is 1. The van der Waals surface area contributed by atoms with Gasteiger partial charge >= 0.3 is 0 Å². The maximum atomic E-state index is 12.6. The monoisotopic (exact) mass is 345 g/mol. The number of carbonyl (C=O) groups is 3. The van der Waals surface area contributed by atoms with Crippen LogP contribution in [0.5, 0.6) is 0 Å². The van der Waals surface area contributed by atoms with Crippen LogP contribution < -0.4 is 0 Å². The topological polar surface area (TPSA) is 70.6 Å². The summed E-state index contributed by atoms with van der Waals surface area (Å²) >= 11 is 1.54. The molecule has 0 spiro atoms. The maximum absolute atomic E-state index is 12.6. The Bertz CT molecular complexity index is 726. The van der Waals surface area contributed by atoms with Gasteiger partial charge in [-0.2, -0.15) is 0 Å². The number of rotatable bonds is 4. The molecule has 2 aliphatic carbocycles. The van der Waals surface area contributed by atoms with Crippen LogP contribution in [0.15, 0.2) is 17.5 Å². The van der Waals surface area contributed by atoms with Gasteiger partial charge in [0.15, 0.2) is 0 Å². The van der Waals surface area contributed by atoms with Gasteiger partial charge < -0.3 is 4.90 Å².